The van der Waals surface area contributed by atoms with E-state index in [-0.39, 0.29) is 23.9 Å². The van der Waals surface area contributed by atoms with Crippen LogP contribution in [-0.4, -0.2) is 41.0 Å². The summed E-state index contributed by atoms with van der Waals surface area (Å²) in [7, 11) is 1.72. The number of hydrogen-bond donors (Lipinski definition) is 3. The number of aromatic nitrogens is 2. The minimum absolute atomic E-state index is 0.0398. The van der Waals surface area contributed by atoms with Gasteiger partial charge in [0.05, 0.1) is 18.3 Å². The normalized spacial score (nSPS) is 17.8. The number of methoxy groups -OCH3 is 1. The first-order chi connectivity index (χ1) is 16.0. The van der Waals surface area contributed by atoms with Gasteiger partial charge in [0.15, 0.2) is 0 Å². The fraction of sp³-hybridized carbons (Fsp3) is 0.360. The molecule has 1 fully saturated rings. The molecule has 8 nitrogen and oxygen atoms in total. The van der Waals surface area contributed by atoms with Crippen LogP contribution in [0.3, 0.4) is 0 Å². The highest BCUT2D eigenvalue weighted by atomic mass is 16.5. The largest absolute Gasteiger partial charge is 0.508 e. The summed E-state index contributed by atoms with van der Waals surface area (Å²) in [5.74, 6) is 2.08. The second kappa shape index (κ2) is 9.95. The number of benzene rings is 2. The smallest absolute Gasteiger partial charge is 0.221 e. The molecule has 1 heterocycles. The van der Waals surface area contributed by atoms with Gasteiger partial charge in [0, 0.05) is 25.3 Å². The maximum Gasteiger partial charge on any atom is 0.221 e. The Labute approximate surface area is 193 Å². The van der Waals surface area contributed by atoms with E-state index in [0.717, 1.165) is 41.5 Å². The third-order valence-electron chi connectivity index (χ3n) is 5.87. The number of nitrogen functional groups attached to an aromatic ring is 2. The summed E-state index contributed by atoms with van der Waals surface area (Å²) in [6.07, 6.45) is 5.06. The number of nitrogens with two attached hydrogens (primary N) is 2. The Morgan fingerprint density at radius 2 is 1.79 bits per heavy atom. The molecule has 1 saturated carbocycles. The second-order valence-electron chi connectivity index (χ2n) is 8.12. The van der Waals surface area contributed by atoms with Gasteiger partial charge in [0.25, 0.3) is 0 Å². The summed E-state index contributed by atoms with van der Waals surface area (Å²) in [6.45, 7) is 2.43. The number of phenolic OH excluding ortho intramolecular Hbond substituents is 1. The summed E-state index contributed by atoms with van der Waals surface area (Å²) in [4.78, 5) is 8.15. The molecule has 174 valence electrons. The van der Waals surface area contributed by atoms with Crippen LogP contribution in [0.2, 0.25) is 0 Å². The van der Waals surface area contributed by atoms with Crippen LogP contribution in [0.25, 0.3) is 11.1 Å². The predicted molar refractivity (Wildman–Crippen MR) is 127 cm³/mol. The number of anilines is 2. The van der Waals surface area contributed by atoms with E-state index < -0.39 is 0 Å². The Morgan fingerprint density at radius 3 is 2.48 bits per heavy atom. The highest BCUT2D eigenvalue weighted by Gasteiger charge is 2.30. The van der Waals surface area contributed by atoms with Gasteiger partial charge in [-0.15, -0.1) is 0 Å². The first kappa shape index (κ1) is 22.7. The van der Waals surface area contributed by atoms with Crippen molar-refractivity contribution in [2.75, 3.05) is 25.2 Å². The zero-order chi connectivity index (χ0) is 23.4. The lowest BCUT2D eigenvalue weighted by Gasteiger charge is -2.24. The van der Waals surface area contributed by atoms with Crippen LogP contribution in [0, 0.1) is 0 Å². The SMILES string of the molecule is CCOc1cc(Cc2cnc(N)nc2N)cc(O[C@@H]2CCC[C@H]2OC)c1-c1ccc(O)cc1. The summed E-state index contributed by atoms with van der Waals surface area (Å²) in [5.41, 5.74) is 15.2. The van der Waals surface area contributed by atoms with Crippen molar-refractivity contribution in [3.05, 3.63) is 53.7 Å². The van der Waals surface area contributed by atoms with Gasteiger partial charge in [-0.05, 0) is 61.6 Å². The topological polar surface area (TPSA) is 126 Å². The molecule has 1 aliphatic carbocycles. The molecular formula is C25H30N4O4. The van der Waals surface area contributed by atoms with E-state index in [2.05, 4.69) is 9.97 Å². The minimum Gasteiger partial charge on any atom is -0.508 e. The van der Waals surface area contributed by atoms with E-state index in [1.165, 1.54) is 0 Å². The summed E-state index contributed by atoms with van der Waals surface area (Å²) >= 11 is 0. The quantitative estimate of drug-likeness (QED) is 0.471. The predicted octanol–water partition coefficient (Wildman–Crippen LogP) is 3.95. The minimum atomic E-state index is -0.0551. The molecule has 8 heteroatoms. The molecule has 33 heavy (non-hydrogen) atoms. The van der Waals surface area contributed by atoms with E-state index in [4.69, 9.17) is 25.7 Å². The van der Waals surface area contributed by atoms with Gasteiger partial charge in [-0.1, -0.05) is 12.1 Å². The van der Waals surface area contributed by atoms with Crippen LogP contribution in [0.5, 0.6) is 17.2 Å². The Bertz CT molecular complexity index is 1100. The number of hydrogen-bond acceptors (Lipinski definition) is 8. The third kappa shape index (κ3) is 5.12. The molecule has 1 aliphatic rings. The Hall–Kier alpha value is -3.52. The Balaban J connectivity index is 1.80. The van der Waals surface area contributed by atoms with E-state index >= 15 is 0 Å². The molecule has 0 unspecified atom stereocenters. The molecule has 3 aromatic rings. The van der Waals surface area contributed by atoms with Crippen LogP contribution < -0.4 is 20.9 Å². The van der Waals surface area contributed by atoms with Crippen molar-refractivity contribution in [2.45, 2.75) is 44.8 Å². The average Bonchev–Trinajstić information content (AvgIpc) is 3.24. The van der Waals surface area contributed by atoms with Crippen molar-refractivity contribution in [2.24, 2.45) is 0 Å². The molecular weight excluding hydrogens is 420 g/mol. The van der Waals surface area contributed by atoms with Crippen LogP contribution in [-0.2, 0) is 11.2 Å². The fourth-order valence-electron chi connectivity index (χ4n) is 4.27. The number of phenols is 1. The van der Waals surface area contributed by atoms with E-state index in [0.29, 0.717) is 30.3 Å². The highest BCUT2D eigenvalue weighted by Crippen LogP contribution is 2.42. The highest BCUT2D eigenvalue weighted by molar-refractivity contribution is 5.78. The van der Waals surface area contributed by atoms with Crippen molar-refractivity contribution in [3.8, 4) is 28.4 Å². The van der Waals surface area contributed by atoms with Crippen molar-refractivity contribution < 1.29 is 19.3 Å². The van der Waals surface area contributed by atoms with Crippen molar-refractivity contribution in [1.29, 1.82) is 0 Å². The zero-order valence-corrected chi connectivity index (χ0v) is 19.0. The van der Waals surface area contributed by atoms with E-state index in [1.54, 1.807) is 25.4 Å². The number of rotatable bonds is 8. The van der Waals surface area contributed by atoms with Crippen LogP contribution in [0.4, 0.5) is 11.8 Å². The molecule has 2 atom stereocenters. The summed E-state index contributed by atoms with van der Waals surface area (Å²) < 4.78 is 18.3. The molecule has 5 N–H and O–H groups in total. The molecule has 4 rings (SSSR count). The van der Waals surface area contributed by atoms with Crippen molar-refractivity contribution >= 4 is 11.8 Å². The molecule has 0 aliphatic heterocycles. The summed E-state index contributed by atoms with van der Waals surface area (Å²) in [6, 6.07) is 11.0. The Morgan fingerprint density at radius 1 is 1.06 bits per heavy atom. The maximum absolute atomic E-state index is 9.78. The molecule has 1 aromatic heterocycles. The summed E-state index contributed by atoms with van der Waals surface area (Å²) in [5, 5.41) is 9.78. The molecule has 0 radical (unpaired) electrons. The van der Waals surface area contributed by atoms with E-state index in [9.17, 15) is 5.11 Å². The fourth-order valence-corrected chi connectivity index (χ4v) is 4.27. The van der Waals surface area contributed by atoms with Gasteiger partial charge in [-0.2, -0.15) is 4.98 Å². The zero-order valence-electron chi connectivity index (χ0n) is 19.0. The van der Waals surface area contributed by atoms with Crippen LogP contribution >= 0.6 is 0 Å². The van der Waals surface area contributed by atoms with Gasteiger partial charge in [-0.3, -0.25) is 0 Å². The number of ether oxygens (including phenoxy) is 3. The van der Waals surface area contributed by atoms with Crippen LogP contribution in [0.1, 0.15) is 37.3 Å². The van der Waals surface area contributed by atoms with Gasteiger partial charge in [0.2, 0.25) is 5.95 Å². The number of aromatic hydroxyl groups is 1. The lowest BCUT2D eigenvalue weighted by atomic mass is 9.98. The third-order valence-corrected chi connectivity index (χ3v) is 5.87. The van der Waals surface area contributed by atoms with Gasteiger partial charge in [-0.25, -0.2) is 4.98 Å². The molecule has 0 bridgehead atoms. The molecule has 0 spiro atoms. The molecule has 0 amide bonds. The Kier molecular flexibility index (Phi) is 6.84. The van der Waals surface area contributed by atoms with Gasteiger partial charge in [0.1, 0.15) is 29.2 Å². The molecule has 0 saturated heterocycles. The first-order valence-corrected chi connectivity index (χ1v) is 11.1. The average molecular weight is 451 g/mol. The second-order valence-corrected chi connectivity index (χ2v) is 8.12. The van der Waals surface area contributed by atoms with Gasteiger partial charge < -0.3 is 30.8 Å². The first-order valence-electron chi connectivity index (χ1n) is 11.1. The maximum atomic E-state index is 9.78. The molecule has 2 aromatic carbocycles. The number of nitrogens with zero attached hydrogens (tertiary/aromatic N) is 2. The van der Waals surface area contributed by atoms with Crippen molar-refractivity contribution in [1.82, 2.24) is 9.97 Å². The van der Waals surface area contributed by atoms with Crippen LogP contribution in [0.15, 0.2) is 42.6 Å². The standard InChI is InChI=1S/C25H30N4O4/c1-3-32-21-12-15(11-17-14-28-25(27)29-24(17)26)13-22(33-20-6-4-5-19(20)31-2)23(21)16-7-9-18(30)10-8-16/h7-10,12-14,19-20,30H,3-6,11H2,1-2H3,(H4,26,27,28,29)/t19-,20-/m1/s1. The monoisotopic (exact) mass is 450 g/mol. The lowest BCUT2D eigenvalue weighted by molar-refractivity contribution is 0.0230. The van der Waals surface area contributed by atoms with Crippen molar-refractivity contribution in [3.63, 3.8) is 0 Å². The lowest BCUT2D eigenvalue weighted by Crippen LogP contribution is -2.28. The van der Waals surface area contributed by atoms with E-state index in [1.807, 2.05) is 31.2 Å². The van der Waals surface area contributed by atoms with Gasteiger partial charge >= 0.3 is 0 Å².